The lowest BCUT2D eigenvalue weighted by Crippen LogP contribution is -2.50. The van der Waals surface area contributed by atoms with Gasteiger partial charge in [0.15, 0.2) is 34.9 Å². The van der Waals surface area contributed by atoms with Crippen molar-refractivity contribution >= 4 is 36.9 Å². The van der Waals surface area contributed by atoms with Gasteiger partial charge in [0.1, 0.15) is 16.1 Å². The van der Waals surface area contributed by atoms with Crippen LogP contribution in [0.5, 0.6) is 0 Å². The molecule has 0 saturated carbocycles. The van der Waals surface area contributed by atoms with Crippen molar-refractivity contribution in [2.45, 2.75) is 26.2 Å². The number of fused-ring (bicyclic) bond motifs is 6. The third kappa shape index (κ3) is 12.8. The van der Waals surface area contributed by atoms with Crippen LogP contribution in [0.4, 0.5) is 0 Å². The van der Waals surface area contributed by atoms with Gasteiger partial charge in [0.25, 0.3) is 0 Å². The number of hydrogen-bond donors (Lipinski definition) is 0. The van der Waals surface area contributed by atoms with Crippen molar-refractivity contribution in [3.05, 3.63) is 376 Å². The van der Waals surface area contributed by atoms with Gasteiger partial charge < -0.3 is 0 Å². The van der Waals surface area contributed by atoms with E-state index in [-0.39, 0.29) is 0 Å². The molecule has 2 aliphatic rings. The first kappa shape index (κ1) is 66.7. The fraction of sp³-hybridized carbons (Fsp3) is 0.0400. The predicted octanol–water partition coefficient (Wildman–Crippen LogP) is 23.0. The van der Waals surface area contributed by atoms with Crippen LogP contribution in [0.25, 0.3) is 168 Å². The minimum atomic E-state index is -1.83. The molecule has 0 radical (unpaired) electrons. The van der Waals surface area contributed by atoms with Crippen molar-refractivity contribution in [1.29, 1.82) is 0 Å². The Morgan fingerprint density at radius 3 is 0.556 bits per heavy atom. The summed E-state index contributed by atoms with van der Waals surface area (Å²) in [6.45, 7) is 9.94. The highest BCUT2D eigenvalue weighted by Crippen LogP contribution is 2.39. The molecule has 0 amide bonds. The second-order valence-corrected chi connectivity index (χ2v) is 37.5. The lowest BCUT2D eigenvalue weighted by molar-refractivity contribution is 1.07. The summed E-state index contributed by atoms with van der Waals surface area (Å²) in [5.41, 5.74) is 28.2. The standard InChI is InChI=1S/C53H39N3Si.C47H35N3Si/c1-57(2)49-19-10-9-16-47(49)48-18-11-17-46(50(48)57)42-28-20-40(21-29-42)41-26-34-45(35-27-41)53-55-51(43-30-22-38(23-31-43)36-12-5-3-6-13-36)54-52(56-53)44-32-24-39(25-33-44)37-14-7-4-8-15-37;1-51(2)43-19-10-9-16-41(43)42-18-11-17-40(44(42)51)36-26-20-34(21-27-36)35-24-30-39(31-25-35)47-49-45(37-14-7-4-8-15-37)48-46(50-47)38-28-22-33(23-29-38)32-12-5-3-6-13-32/h3-35H,1-2H3;3-31H,1-2H3. The van der Waals surface area contributed by atoms with E-state index >= 15 is 0 Å². The maximum absolute atomic E-state index is 5.05. The Kier molecular flexibility index (Phi) is 17.5. The largest absolute Gasteiger partial charge is 0.208 e. The lowest BCUT2D eigenvalue weighted by atomic mass is 9.97. The molecule has 2 aromatic heterocycles. The summed E-state index contributed by atoms with van der Waals surface area (Å²) in [4.78, 5) is 30.0. The normalized spacial score (nSPS) is 12.6. The second kappa shape index (κ2) is 28.3. The van der Waals surface area contributed by atoms with Crippen molar-refractivity contribution in [3.63, 3.8) is 0 Å². The summed E-state index contributed by atoms with van der Waals surface area (Å²) in [6, 6.07) is 134. The van der Waals surface area contributed by atoms with Gasteiger partial charge in [0, 0.05) is 33.4 Å². The monoisotopic (exact) mass is 1410 g/mol. The van der Waals surface area contributed by atoms with Crippen molar-refractivity contribution in [1.82, 2.24) is 29.9 Å². The number of benzene rings is 15. The van der Waals surface area contributed by atoms with Gasteiger partial charge in [-0.05, 0) is 121 Å². The average Bonchev–Trinajstić information content (AvgIpc) is 1.58. The molecule has 19 rings (SSSR count). The van der Waals surface area contributed by atoms with Gasteiger partial charge >= 0.3 is 0 Å². The molecule has 4 heterocycles. The van der Waals surface area contributed by atoms with Crippen LogP contribution in [-0.4, -0.2) is 46.1 Å². The van der Waals surface area contributed by atoms with Crippen LogP contribution in [0, 0.1) is 0 Å². The zero-order chi connectivity index (χ0) is 72.7. The van der Waals surface area contributed by atoms with Crippen molar-refractivity contribution in [2.75, 3.05) is 0 Å². The highest BCUT2D eigenvalue weighted by Gasteiger charge is 2.40. The van der Waals surface area contributed by atoms with Crippen LogP contribution < -0.4 is 20.7 Å². The first-order valence-electron chi connectivity index (χ1n) is 37.0. The molecule has 0 fully saturated rings. The highest BCUT2D eigenvalue weighted by atomic mass is 28.3. The van der Waals surface area contributed by atoms with Gasteiger partial charge in [-0.2, -0.15) is 0 Å². The zero-order valence-electron chi connectivity index (χ0n) is 60.5. The molecular formula is C100H74N6Si2. The molecule has 2 aliphatic heterocycles. The van der Waals surface area contributed by atoms with Gasteiger partial charge in [0.05, 0.1) is 0 Å². The lowest BCUT2D eigenvalue weighted by Gasteiger charge is -2.22. The van der Waals surface area contributed by atoms with Crippen LogP contribution in [-0.2, 0) is 0 Å². The molecule has 8 heteroatoms. The molecular weight excluding hydrogens is 1340 g/mol. The second-order valence-electron chi connectivity index (χ2n) is 28.9. The molecule has 6 nitrogen and oxygen atoms in total. The molecule has 0 N–H and O–H groups in total. The molecule has 0 saturated heterocycles. The number of nitrogens with zero attached hydrogens (tertiary/aromatic N) is 6. The fourth-order valence-electron chi connectivity index (χ4n) is 15.9. The molecule has 0 aliphatic carbocycles. The van der Waals surface area contributed by atoms with Crippen molar-refractivity contribution < 1.29 is 0 Å². The van der Waals surface area contributed by atoms with Crippen LogP contribution in [0.3, 0.4) is 0 Å². The van der Waals surface area contributed by atoms with Gasteiger partial charge in [-0.3, -0.25) is 0 Å². The van der Waals surface area contributed by atoms with Crippen LogP contribution >= 0.6 is 0 Å². The molecule has 17 aromatic rings. The Morgan fingerprint density at radius 2 is 0.306 bits per heavy atom. The van der Waals surface area contributed by atoms with E-state index in [1.165, 1.54) is 82.7 Å². The fourth-order valence-corrected chi connectivity index (χ4v) is 22.9. The van der Waals surface area contributed by atoms with Gasteiger partial charge in [0.2, 0.25) is 0 Å². The van der Waals surface area contributed by atoms with Crippen LogP contribution in [0.1, 0.15) is 0 Å². The predicted molar refractivity (Wildman–Crippen MR) is 455 cm³/mol. The molecule has 108 heavy (non-hydrogen) atoms. The molecule has 512 valence electrons. The Balaban J connectivity index is 0.000000153. The van der Waals surface area contributed by atoms with E-state index in [1.807, 2.05) is 48.5 Å². The van der Waals surface area contributed by atoms with E-state index in [0.717, 1.165) is 61.2 Å². The molecule has 0 bridgehead atoms. The Labute approximate surface area is 633 Å². The molecule has 0 atom stereocenters. The zero-order valence-corrected chi connectivity index (χ0v) is 62.5. The minimum absolute atomic E-state index is 0.641. The minimum Gasteiger partial charge on any atom is -0.208 e. The number of rotatable bonds is 13. The maximum Gasteiger partial charge on any atom is 0.164 e. The van der Waals surface area contributed by atoms with E-state index in [9.17, 15) is 0 Å². The maximum atomic E-state index is 5.05. The molecule has 15 aromatic carbocycles. The SMILES string of the molecule is C[Si]1(C)c2ccccc2-c2cccc(-c3ccc(-c4ccc(-c5nc(-c6ccc(-c7ccccc7)cc6)nc(-c6ccc(-c7ccccc7)cc6)n5)cc4)cc3)c21.C[Si]1(C)c2ccccc2-c2cccc(-c3ccc(-c4ccc(-c5nc(-c6ccccc6)nc(-c6ccc(-c7ccccc7)cc6)n5)cc4)cc3)c21. The van der Waals surface area contributed by atoms with E-state index in [4.69, 9.17) is 29.9 Å². The first-order valence-corrected chi connectivity index (χ1v) is 43.0. The van der Waals surface area contributed by atoms with Gasteiger partial charge in [-0.1, -0.05) is 402 Å². The molecule has 0 spiro atoms. The summed E-state index contributed by atoms with van der Waals surface area (Å²) in [5, 5.41) is 6.15. The number of aromatic nitrogens is 6. The summed E-state index contributed by atoms with van der Waals surface area (Å²) in [7, 11) is -3.64. The quantitative estimate of drug-likeness (QED) is 0.107. The van der Waals surface area contributed by atoms with E-state index in [0.29, 0.717) is 34.9 Å². The summed E-state index contributed by atoms with van der Waals surface area (Å²) < 4.78 is 0. The van der Waals surface area contributed by atoms with Crippen molar-refractivity contribution in [3.8, 4) is 168 Å². The highest BCUT2D eigenvalue weighted by molar-refractivity contribution is 7.05. The molecule has 0 unspecified atom stereocenters. The third-order valence-corrected chi connectivity index (χ3v) is 28.7. The number of hydrogen-bond acceptors (Lipinski definition) is 6. The Hall–Kier alpha value is -13.2. The van der Waals surface area contributed by atoms with E-state index in [2.05, 4.69) is 354 Å². The summed E-state index contributed by atoms with van der Waals surface area (Å²) in [5.74, 6) is 3.88. The summed E-state index contributed by atoms with van der Waals surface area (Å²) in [6.07, 6.45) is 0. The first-order chi connectivity index (χ1) is 53.0. The van der Waals surface area contributed by atoms with Crippen LogP contribution in [0.2, 0.25) is 26.2 Å². The van der Waals surface area contributed by atoms with Crippen LogP contribution in [0.15, 0.2) is 376 Å². The Bertz CT molecular complexity index is 6030. The third-order valence-electron chi connectivity index (χ3n) is 21.6. The van der Waals surface area contributed by atoms with E-state index in [1.54, 1.807) is 10.4 Å². The topological polar surface area (TPSA) is 77.3 Å². The van der Waals surface area contributed by atoms with Gasteiger partial charge in [-0.15, -0.1) is 0 Å². The van der Waals surface area contributed by atoms with Gasteiger partial charge in [-0.25, -0.2) is 29.9 Å². The van der Waals surface area contributed by atoms with Crippen molar-refractivity contribution in [2.24, 2.45) is 0 Å². The smallest absolute Gasteiger partial charge is 0.164 e. The Morgan fingerprint density at radius 1 is 0.139 bits per heavy atom. The average molecular weight is 1420 g/mol. The summed E-state index contributed by atoms with van der Waals surface area (Å²) >= 11 is 0. The van der Waals surface area contributed by atoms with E-state index < -0.39 is 16.1 Å².